The molecule has 1 aliphatic rings. The maximum Gasteiger partial charge on any atom is 0.343 e. The molecule has 6 rings (SSSR count). The Labute approximate surface area is 261 Å². The topological polar surface area (TPSA) is 79.5 Å². The predicted molar refractivity (Wildman–Crippen MR) is 174 cm³/mol. The number of nitrogens with one attached hydrogen (secondary N) is 1. The number of rotatable bonds is 6. The van der Waals surface area contributed by atoms with Crippen molar-refractivity contribution in [3.05, 3.63) is 145 Å². The van der Waals surface area contributed by atoms with Gasteiger partial charge in [-0.15, -0.1) is 0 Å². The van der Waals surface area contributed by atoms with E-state index in [-0.39, 0.29) is 23.5 Å². The average molecular weight is 615 g/mol. The highest BCUT2D eigenvalue weighted by atomic mass is 35.5. The molecule has 220 valence electrons. The van der Waals surface area contributed by atoms with Crippen LogP contribution in [0.3, 0.4) is 0 Å². The second kappa shape index (κ2) is 13.6. The van der Waals surface area contributed by atoms with Crippen molar-refractivity contribution in [2.45, 2.75) is 44.1 Å². The number of benzene rings is 4. The van der Waals surface area contributed by atoms with Crippen LogP contribution in [0, 0.1) is 0 Å². The number of halogens is 2. The molecule has 1 unspecified atom stereocenters. The quantitative estimate of drug-likeness (QED) is 0.187. The Bertz CT molecular complexity index is 1800. The van der Waals surface area contributed by atoms with Crippen LogP contribution in [0.15, 0.2) is 106 Å². The molecule has 5 nitrogen and oxygen atoms in total. The molecule has 2 N–H and O–H groups in total. The highest BCUT2D eigenvalue weighted by Gasteiger charge is 2.28. The molecule has 4 aromatic carbocycles. The molecular formula is C36H33Cl2NO4. The third kappa shape index (κ3) is 6.70. The van der Waals surface area contributed by atoms with Gasteiger partial charge in [0.2, 0.25) is 0 Å². The molecule has 0 radical (unpaired) electrons. The summed E-state index contributed by atoms with van der Waals surface area (Å²) in [6.45, 7) is 1.47. The van der Waals surface area contributed by atoms with Crippen molar-refractivity contribution in [1.29, 1.82) is 0 Å². The average Bonchev–Trinajstić information content (AvgIpc) is 3.02. The zero-order valence-electron chi connectivity index (χ0n) is 24.0. The molecule has 0 aliphatic heterocycles. The van der Waals surface area contributed by atoms with Crippen molar-refractivity contribution < 1.29 is 14.3 Å². The Morgan fingerprint density at radius 2 is 1.58 bits per heavy atom. The first-order valence-electron chi connectivity index (χ1n) is 14.3. The number of Topliss-reactive ketones (excluding diaryl/α,β-unsaturated/α-hetero) is 1. The number of fused-ring (bicyclic) bond motifs is 2. The molecular weight excluding hydrogens is 581 g/mol. The molecule has 1 aromatic heterocycles. The highest BCUT2D eigenvalue weighted by molar-refractivity contribution is 6.42. The lowest BCUT2D eigenvalue weighted by atomic mass is 9.77. The predicted octanol–water partition coefficient (Wildman–Crippen LogP) is 8.79. The summed E-state index contributed by atoms with van der Waals surface area (Å²) in [4.78, 5) is 24.1. The summed E-state index contributed by atoms with van der Waals surface area (Å²) in [5, 5.41) is 15.7. The summed E-state index contributed by atoms with van der Waals surface area (Å²) in [7, 11) is 2.03. The third-order valence-corrected chi connectivity index (χ3v) is 8.79. The number of hydrogen-bond acceptors (Lipinski definition) is 5. The fourth-order valence-corrected chi connectivity index (χ4v) is 6.29. The Morgan fingerprint density at radius 1 is 0.907 bits per heavy atom. The van der Waals surface area contributed by atoms with Gasteiger partial charge in [-0.25, -0.2) is 4.79 Å². The Hall–Kier alpha value is -3.90. The molecule has 0 saturated heterocycles. The molecule has 3 atom stereocenters. The van der Waals surface area contributed by atoms with Gasteiger partial charge in [-0.05, 0) is 73.3 Å². The van der Waals surface area contributed by atoms with E-state index >= 15 is 0 Å². The largest absolute Gasteiger partial charge is 0.507 e. The van der Waals surface area contributed by atoms with Crippen molar-refractivity contribution in [2.75, 3.05) is 7.05 Å². The van der Waals surface area contributed by atoms with E-state index in [0.29, 0.717) is 33.0 Å². The van der Waals surface area contributed by atoms with Crippen LogP contribution in [-0.4, -0.2) is 17.9 Å². The fraction of sp³-hybridized carbons (Fsp3) is 0.222. The van der Waals surface area contributed by atoms with Gasteiger partial charge in [-0.3, -0.25) is 4.79 Å². The molecule has 43 heavy (non-hydrogen) atoms. The van der Waals surface area contributed by atoms with Gasteiger partial charge in [0.15, 0.2) is 0 Å². The van der Waals surface area contributed by atoms with E-state index in [9.17, 15) is 14.7 Å². The van der Waals surface area contributed by atoms with Crippen LogP contribution in [0.2, 0.25) is 10.0 Å². The summed E-state index contributed by atoms with van der Waals surface area (Å²) in [5.41, 5.74) is 4.69. The van der Waals surface area contributed by atoms with Gasteiger partial charge in [-0.1, -0.05) is 96.0 Å². The number of ketones is 1. The molecule has 0 saturated carbocycles. The second-order valence-corrected chi connectivity index (χ2v) is 11.6. The van der Waals surface area contributed by atoms with Crippen molar-refractivity contribution in [3.63, 3.8) is 0 Å². The van der Waals surface area contributed by atoms with Gasteiger partial charge in [0.1, 0.15) is 17.1 Å². The summed E-state index contributed by atoms with van der Waals surface area (Å²) < 4.78 is 5.33. The minimum absolute atomic E-state index is 0.0641. The lowest BCUT2D eigenvalue weighted by Gasteiger charge is -2.32. The summed E-state index contributed by atoms with van der Waals surface area (Å²) >= 11 is 12.2. The Balaban J connectivity index is 0.000000173. The van der Waals surface area contributed by atoms with Crippen molar-refractivity contribution in [1.82, 2.24) is 5.32 Å². The summed E-state index contributed by atoms with van der Waals surface area (Å²) in [6, 6.07) is 31.1. The minimum Gasteiger partial charge on any atom is -0.507 e. The zero-order chi connectivity index (χ0) is 30.5. The number of carbonyl (C=O) groups excluding carboxylic acids is 1. The molecule has 0 bridgehead atoms. The zero-order valence-corrected chi connectivity index (χ0v) is 25.5. The summed E-state index contributed by atoms with van der Waals surface area (Å²) in [6.07, 6.45) is 2.39. The van der Waals surface area contributed by atoms with Crippen molar-refractivity contribution >= 4 is 40.0 Å². The van der Waals surface area contributed by atoms with Gasteiger partial charge in [0.05, 0.1) is 21.0 Å². The van der Waals surface area contributed by atoms with Crippen LogP contribution in [0.1, 0.15) is 71.9 Å². The van der Waals surface area contributed by atoms with Gasteiger partial charge >= 0.3 is 5.63 Å². The number of carbonyl (C=O) groups is 1. The SMILES string of the molecule is CC(=O)CC(c1ccccc1)c1c(O)c2ccccc2oc1=O.CN[C@H]1CC[C@@H](c2ccc(Cl)c(Cl)c2)c2ccccc21. The maximum atomic E-state index is 12.4. The standard InChI is InChI=1S/C19H16O4.C17H17Cl2N/c1-12(20)11-15(13-7-3-2-4-8-13)17-18(21)14-9-5-6-10-16(14)23-19(17)22;1-20-17-9-7-12(13-4-2-3-5-14(13)17)11-6-8-15(18)16(19)10-11/h2-10,15,21H,11H2,1H3;2-6,8,10,12,17,20H,7,9H2,1H3/t;12-,17-/m.0/s1. The van der Waals surface area contributed by atoms with E-state index in [1.54, 1.807) is 24.3 Å². The number of aromatic hydroxyl groups is 1. The molecule has 1 heterocycles. The van der Waals surface area contributed by atoms with E-state index in [1.165, 1.54) is 23.6 Å². The van der Waals surface area contributed by atoms with Gasteiger partial charge < -0.3 is 14.8 Å². The lowest BCUT2D eigenvalue weighted by molar-refractivity contribution is -0.117. The first-order valence-corrected chi connectivity index (χ1v) is 15.0. The normalized spacial score (nSPS) is 16.6. The molecule has 0 amide bonds. The third-order valence-electron chi connectivity index (χ3n) is 8.05. The van der Waals surface area contributed by atoms with Crippen LogP contribution in [0.25, 0.3) is 11.0 Å². The van der Waals surface area contributed by atoms with E-state index in [1.807, 2.05) is 49.5 Å². The van der Waals surface area contributed by atoms with Crippen LogP contribution in [-0.2, 0) is 4.79 Å². The fourth-order valence-electron chi connectivity index (χ4n) is 5.98. The van der Waals surface area contributed by atoms with Gasteiger partial charge in [-0.2, -0.15) is 0 Å². The monoisotopic (exact) mass is 613 g/mol. The molecule has 1 aliphatic carbocycles. The minimum atomic E-state index is -0.615. The lowest BCUT2D eigenvalue weighted by Crippen LogP contribution is -2.24. The van der Waals surface area contributed by atoms with Gasteiger partial charge in [0.25, 0.3) is 0 Å². The number of hydrogen-bond donors (Lipinski definition) is 2. The Morgan fingerprint density at radius 3 is 2.28 bits per heavy atom. The molecule has 0 spiro atoms. The smallest absolute Gasteiger partial charge is 0.343 e. The number of para-hydroxylation sites is 1. The van der Waals surface area contributed by atoms with Crippen LogP contribution >= 0.6 is 23.2 Å². The summed E-state index contributed by atoms with van der Waals surface area (Å²) in [5.74, 6) is -0.308. The van der Waals surface area contributed by atoms with Crippen molar-refractivity contribution in [2.24, 2.45) is 0 Å². The highest BCUT2D eigenvalue weighted by Crippen LogP contribution is 2.42. The van der Waals surface area contributed by atoms with E-state index < -0.39 is 11.5 Å². The first-order chi connectivity index (χ1) is 20.8. The van der Waals surface area contributed by atoms with Crippen LogP contribution in [0.4, 0.5) is 0 Å². The van der Waals surface area contributed by atoms with Gasteiger partial charge in [0, 0.05) is 24.3 Å². The van der Waals surface area contributed by atoms with E-state index in [0.717, 1.165) is 18.4 Å². The molecule has 0 fully saturated rings. The van der Waals surface area contributed by atoms with E-state index in [2.05, 4.69) is 35.6 Å². The van der Waals surface area contributed by atoms with Crippen molar-refractivity contribution in [3.8, 4) is 5.75 Å². The van der Waals surface area contributed by atoms with Crippen LogP contribution in [0.5, 0.6) is 5.75 Å². The molecule has 7 heteroatoms. The second-order valence-electron chi connectivity index (χ2n) is 10.8. The van der Waals surface area contributed by atoms with Crippen LogP contribution < -0.4 is 10.9 Å². The first kappa shape index (κ1) is 30.6. The van der Waals surface area contributed by atoms with E-state index in [4.69, 9.17) is 27.6 Å². The molecule has 5 aromatic rings. The maximum absolute atomic E-state index is 12.4. The Kier molecular flexibility index (Phi) is 9.66.